The van der Waals surface area contributed by atoms with E-state index in [0.717, 1.165) is 13.0 Å². The van der Waals surface area contributed by atoms with Crippen LogP contribution >= 0.6 is 15.9 Å². The van der Waals surface area contributed by atoms with Crippen molar-refractivity contribution in [2.24, 2.45) is 0 Å². The highest BCUT2D eigenvalue weighted by molar-refractivity contribution is 9.10. The third-order valence-electron chi connectivity index (χ3n) is 2.20. The standard InChI is InChI=1S/C10H12BrNO/c11-10-4-2-1-3-8(10)5-9-6-12-7-13-9/h1-4,9,12H,5-7H2. The van der Waals surface area contributed by atoms with Crippen LogP contribution in [0.15, 0.2) is 28.7 Å². The van der Waals surface area contributed by atoms with Crippen molar-refractivity contribution in [1.29, 1.82) is 0 Å². The molecule has 3 heteroatoms. The van der Waals surface area contributed by atoms with Gasteiger partial charge in [-0.3, -0.25) is 5.32 Å². The zero-order valence-electron chi connectivity index (χ0n) is 7.29. The van der Waals surface area contributed by atoms with Crippen LogP contribution in [0.2, 0.25) is 0 Å². The number of ether oxygens (including phenoxy) is 1. The Morgan fingerprint density at radius 3 is 3.00 bits per heavy atom. The highest BCUT2D eigenvalue weighted by Gasteiger charge is 2.15. The molecular formula is C10H12BrNO. The molecule has 0 saturated carbocycles. The van der Waals surface area contributed by atoms with Crippen LogP contribution in [0.4, 0.5) is 0 Å². The van der Waals surface area contributed by atoms with Gasteiger partial charge in [0, 0.05) is 17.4 Å². The molecule has 0 spiro atoms. The Labute approximate surface area is 86.4 Å². The quantitative estimate of drug-likeness (QED) is 0.855. The Hall–Kier alpha value is -0.380. The highest BCUT2D eigenvalue weighted by atomic mass is 79.9. The predicted octanol–water partition coefficient (Wildman–Crippen LogP) is 1.94. The van der Waals surface area contributed by atoms with Crippen LogP contribution in [0.3, 0.4) is 0 Å². The summed E-state index contributed by atoms with van der Waals surface area (Å²) in [5.41, 5.74) is 1.32. The number of benzene rings is 1. The normalized spacial score (nSPS) is 22.1. The third kappa shape index (κ3) is 2.30. The first-order chi connectivity index (χ1) is 6.36. The molecule has 2 nitrogen and oxygen atoms in total. The van der Waals surface area contributed by atoms with Crippen molar-refractivity contribution in [3.63, 3.8) is 0 Å². The van der Waals surface area contributed by atoms with Gasteiger partial charge in [-0.05, 0) is 11.6 Å². The zero-order valence-corrected chi connectivity index (χ0v) is 8.88. The van der Waals surface area contributed by atoms with E-state index in [4.69, 9.17) is 4.74 Å². The van der Waals surface area contributed by atoms with Gasteiger partial charge >= 0.3 is 0 Å². The van der Waals surface area contributed by atoms with Crippen molar-refractivity contribution in [1.82, 2.24) is 5.32 Å². The van der Waals surface area contributed by atoms with Crippen LogP contribution in [0.25, 0.3) is 0 Å². The van der Waals surface area contributed by atoms with E-state index in [-0.39, 0.29) is 0 Å². The highest BCUT2D eigenvalue weighted by Crippen LogP contribution is 2.18. The molecule has 0 bridgehead atoms. The summed E-state index contributed by atoms with van der Waals surface area (Å²) in [4.78, 5) is 0. The average Bonchev–Trinajstić information content (AvgIpc) is 2.61. The van der Waals surface area contributed by atoms with E-state index in [1.165, 1.54) is 10.0 Å². The van der Waals surface area contributed by atoms with E-state index in [9.17, 15) is 0 Å². The molecule has 13 heavy (non-hydrogen) atoms. The lowest BCUT2D eigenvalue weighted by Gasteiger charge is -2.09. The molecule has 1 saturated heterocycles. The van der Waals surface area contributed by atoms with Gasteiger partial charge < -0.3 is 4.74 Å². The van der Waals surface area contributed by atoms with E-state index in [1.54, 1.807) is 0 Å². The smallest absolute Gasteiger partial charge is 0.0970 e. The van der Waals surface area contributed by atoms with Crippen molar-refractivity contribution >= 4 is 15.9 Å². The maximum Gasteiger partial charge on any atom is 0.0970 e. The van der Waals surface area contributed by atoms with E-state index in [1.807, 2.05) is 6.07 Å². The van der Waals surface area contributed by atoms with Crippen LogP contribution < -0.4 is 5.32 Å². The Kier molecular flexibility index (Phi) is 2.98. The number of nitrogens with one attached hydrogen (secondary N) is 1. The van der Waals surface area contributed by atoms with Crippen LogP contribution in [-0.2, 0) is 11.2 Å². The molecule has 70 valence electrons. The molecule has 1 aliphatic rings. The lowest BCUT2D eigenvalue weighted by atomic mass is 10.1. The fraction of sp³-hybridized carbons (Fsp3) is 0.400. The molecule has 0 amide bonds. The number of hydrogen-bond acceptors (Lipinski definition) is 2. The van der Waals surface area contributed by atoms with Gasteiger partial charge in [-0.1, -0.05) is 34.1 Å². The summed E-state index contributed by atoms with van der Waals surface area (Å²) in [7, 11) is 0. The molecule has 0 aliphatic carbocycles. The van der Waals surface area contributed by atoms with E-state index in [0.29, 0.717) is 12.8 Å². The molecule has 1 N–H and O–H groups in total. The molecule has 0 radical (unpaired) electrons. The number of hydrogen-bond donors (Lipinski definition) is 1. The maximum atomic E-state index is 5.48. The summed E-state index contributed by atoms with van der Waals surface area (Å²) in [6, 6.07) is 8.29. The Morgan fingerprint density at radius 1 is 1.46 bits per heavy atom. The molecule has 1 aromatic carbocycles. The first-order valence-corrected chi connectivity index (χ1v) is 5.21. The molecule has 1 aromatic rings. The fourth-order valence-electron chi connectivity index (χ4n) is 1.50. The molecule has 2 rings (SSSR count). The summed E-state index contributed by atoms with van der Waals surface area (Å²) in [6.07, 6.45) is 1.31. The topological polar surface area (TPSA) is 21.3 Å². The Balaban J connectivity index is 2.04. The van der Waals surface area contributed by atoms with Gasteiger partial charge in [0.1, 0.15) is 0 Å². The second-order valence-corrected chi connectivity index (χ2v) is 4.04. The van der Waals surface area contributed by atoms with E-state index < -0.39 is 0 Å². The number of halogens is 1. The average molecular weight is 242 g/mol. The summed E-state index contributed by atoms with van der Waals surface area (Å²) in [5, 5.41) is 3.17. The minimum Gasteiger partial charge on any atom is -0.361 e. The van der Waals surface area contributed by atoms with E-state index >= 15 is 0 Å². The molecule has 1 atom stereocenters. The monoisotopic (exact) mass is 241 g/mol. The van der Waals surface area contributed by atoms with Gasteiger partial charge in [0.15, 0.2) is 0 Å². The van der Waals surface area contributed by atoms with Crippen LogP contribution in [0.5, 0.6) is 0 Å². The molecule has 1 unspecified atom stereocenters. The largest absolute Gasteiger partial charge is 0.361 e. The summed E-state index contributed by atoms with van der Waals surface area (Å²) in [6.45, 7) is 1.65. The van der Waals surface area contributed by atoms with Gasteiger partial charge in [0.2, 0.25) is 0 Å². The predicted molar refractivity (Wildman–Crippen MR) is 55.6 cm³/mol. The second-order valence-electron chi connectivity index (χ2n) is 3.18. The van der Waals surface area contributed by atoms with Crippen molar-refractivity contribution in [2.45, 2.75) is 12.5 Å². The van der Waals surface area contributed by atoms with Gasteiger partial charge in [-0.25, -0.2) is 0 Å². The minimum absolute atomic E-state index is 0.332. The SMILES string of the molecule is Brc1ccccc1CC1CNCO1. The van der Waals surface area contributed by atoms with Crippen molar-refractivity contribution in [2.75, 3.05) is 13.3 Å². The summed E-state index contributed by atoms with van der Waals surface area (Å²) in [5.74, 6) is 0. The molecule has 1 aliphatic heterocycles. The second kappa shape index (κ2) is 4.22. The van der Waals surface area contributed by atoms with Crippen molar-refractivity contribution in [3.8, 4) is 0 Å². The molecule has 1 heterocycles. The van der Waals surface area contributed by atoms with Crippen LogP contribution in [-0.4, -0.2) is 19.4 Å². The van der Waals surface area contributed by atoms with Gasteiger partial charge in [-0.15, -0.1) is 0 Å². The lowest BCUT2D eigenvalue weighted by Crippen LogP contribution is -2.16. The first kappa shape index (κ1) is 9.19. The molecule has 0 aromatic heterocycles. The van der Waals surface area contributed by atoms with Gasteiger partial charge in [-0.2, -0.15) is 0 Å². The van der Waals surface area contributed by atoms with E-state index in [2.05, 4.69) is 39.4 Å². The molecule has 1 fully saturated rings. The van der Waals surface area contributed by atoms with Gasteiger partial charge in [0.25, 0.3) is 0 Å². The van der Waals surface area contributed by atoms with Crippen molar-refractivity contribution < 1.29 is 4.74 Å². The van der Waals surface area contributed by atoms with Crippen LogP contribution in [0, 0.1) is 0 Å². The lowest BCUT2D eigenvalue weighted by molar-refractivity contribution is 0.113. The van der Waals surface area contributed by atoms with Gasteiger partial charge in [0.05, 0.1) is 12.8 Å². The van der Waals surface area contributed by atoms with Crippen molar-refractivity contribution in [3.05, 3.63) is 34.3 Å². The maximum absolute atomic E-state index is 5.48. The van der Waals surface area contributed by atoms with Crippen LogP contribution in [0.1, 0.15) is 5.56 Å². The fourth-order valence-corrected chi connectivity index (χ4v) is 1.94. The first-order valence-electron chi connectivity index (χ1n) is 4.42. The molecular weight excluding hydrogens is 230 g/mol. The third-order valence-corrected chi connectivity index (χ3v) is 2.97. The Morgan fingerprint density at radius 2 is 2.31 bits per heavy atom. The minimum atomic E-state index is 0.332. The summed E-state index contributed by atoms with van der Waals surface area (Å²) >= 11 is 3.53. The zero-order chi connectivity index (χ0) is 9.10. The Bertz CT molecular complexity index is 284. The number of rotatable bonds is 2. The summed E-state index contributed by atoms with van der Waals surface area (Å²) < 4.78 is 6.65.